The van der Waals surface area contributed by atoms with Crippen LogP contribution in [0.25, 0.3) is 22.5 Å². The van der Waals surface area contributed by atoms with E-state index in [0.29, 0.717) is 29.2 Å². The molecule has 1 fully saturated rings. The molecule has 1 atom stereocenters. The molecule has 3 aromatic carbocycles. The lowest BCUT2D eigenvalue weighted by molar-refractivity contribution is -0.146. The van der Waals surface area contributed by atoms with E-state index >= 15 is 0 Å². The van der Waals surface area contributed by atoms with Gasteiger partial charge in [-0.1, -0.05) is 71.9 Å². The molecule has 5 N–H and O–H groups in total. The standard InChI is InChI=1S/C33H33F3N4O4/c1-3-43-31(42)32(16-17-32)25-14-12-22(13-15-25)21-8-10-23(11-9-21)30-28(20(2)39-44-30)29(41)27(37)19-40(38)18-24-6-4-5-7-26(24)33(34,35)36/h4-15,19,29,41H,3,16-18,37-38H2,1-2H3/b27-19-. The fourth-order valence-corrected chi connectivity index (χ4v) is 5.31. The Kier molecular flexibility index (Phi) is 8.53. The number of esters is 1. The summed E-state index contributed by atoms with van der Waals surface area (Å²) >= 11 is 0. The first-order valence-electron chi connectivity index (χ1n) is 14.1. The molecule has 44 heavy (non-hydrogen) atoms. The first-order chi connectivity index (χ1) is 20.9. The minimum atomic E-state index is -4.54. The Balaban J connectivity index is 1.32. The van der Waals surface area contributed by atoms with Crippen molar-refractivity contribution in [1.29, 1.82) is 0 Å². The van der Waals surface area contributed by atoms with Gasteiger partial charge >= 0.3 is 12.1 Å². The molecule has 0 saturated heterocycles. The van der Waals surface area contributed by atoms with Crippen molar-refractivity contribution in [2.24, 2.45) is 11.6 Å². The zero-order valence-corrected chi connectivity index (χ0v) is 24.3. The molecule has 0 amide bonds. The van der Waals surface area contributed by atoms with Crippen LogP contribution in [0.5, 0.6) is 0 Å². The summed E-state index contributed by atoms with van der Waals surface area (Å²) in [5.74, 6) is 6.08. The molecule has 11 heteroatoms. The first-order valence-corrected chi connectivity index (χ1v) is 14.1. The van der Waals surface area contributed by atoms with Gasteiger partial charge in [0.25, 0.3) is 0 Å². The normalized spacial score (nSPS) is 15.1. The number of aromatic nitrogens is 1. The summed E-state index contributed by atoms with van der Waals surface area (Å²) in [6.45, 7) is 3.51. The fourth-order valence-electron chi connectivity index (χ4n) is 5.31. The number of aryl methyl sites for hydroxylation is 1. The molecule has 1 heterocycles. The number of carbonyl (C=O) groups is 1. The molecular formula is C33H33F3N4O4. The summed E-state index contributed by atoms with van der Waals surface area (Å²) in [6, 6.07) is 20.4. The number of hydrogen-bond donors (Lipinski definition) is 3. The molecule has 1 saturated carbocycles. The summed E-state index contributed by atoms with van der Waals surface area (Å²) in [7, 11) is 0. The molecule has 8 nitrogen and oxygen atoms in total. The highest BCUT2D eigenvalue weighted by molar-refractivity contribution is 5.87. The number of hydrogen-bond acceptors (Lipinski definition) is 8. The zero-order chi connectivity index (χ0) is 31.6. The highest BCUT2D eigenvalue weighted by Crippen LogP contribution is 2.49. The maximum Gasteiger partial charge on any atom is 0.416 e. The number of carbonyl (C=O) groups excluding carboxylic acids is 1. The number of nitrogens with zero attached hydrogens (tertiary/aromatic N) is 2. The number of benzene rings is 3. The van der Waals surface area contributed by atoms with Gasteiger partial charge in [-0.2, -0.15) is 13.2 Å². The fraction of sp³-hybridized carbons (Fsp3) is 0.273. The van der Waals surface area contributed by atoms with Crippen molar-refractivity contribution < 1.29 is 32.3 Å². The third-order valence-corrected chi connectivity index (χ3v) is 7.82. The lowest BCUT2D eigenvalue weighted by atomic mass is 9.93. The average Bonchev–Trinajstić information content (AvgIpc) is 3.73. The van der Waals surface area contributed by atoms with Crippen LogP contribution < -0.4 is 11.6 Å². The van der Waals surface area contributed by atoms with Gasteiger partial charge in [-0.3, -0.25) is 4.79 Å². The van der Waals surface area contributed by atoms with Crippen molar-refractivity contribution in [3.63, 3.8) is 0 Å². The minimum absolute atomic E-state index is 0.0383. The minimum Gasteiger partial charge on any atom is -0.465 e. The highest BCUT2D eigenvalue weighted by Gasteiger charge is 2.52. The molecule has 0 radical (unpaired) electrons. The van der Waals surface area contributed by atoms with Crippen molar-refractivity contribution >= 4 is 5.97 Å². The van der Waals surface area contributed by atoms with E-state index in [1.807, 2.05) is 48.5 Å². The lowest BCUT2D eigenvalue weighted by Crippen LogP contribution is -2.28. The van der Waals surface area contributed by atoms with Crippen molar-refractivity contribution in [1.82, 2.24) is 10.2 Å². The number of aliphatic hydroxyl groups excluding tert-OH is 1. The number of nitrogens with two attached hydrogens (primary N) is 2. The second-order valence-electron chi connectivity index (χ2n) is 10.8. The van der Waals surface area contributed by atoms with Crippen LogP contribution in [0.1, 0.15) is 53.8 Å². The van der Waals surface area contributed by atoms with E-state index in [9.17, 15) is 23.1 Å². The van der Waals surface area contributed by atoms with Crippen LogP contribution in [0, 0.1) is 6.92 Å². The Morgan fingerprint density at radius 3 is 2.25 bits per heavy atom. The zero-order valence-electron chi connectivity index (χ0n) is 24.3. The maximum absolute atomic E-state index is 13.4. The summed E-state index contributed by atoms with van der Waals surface area (Å²) in [5, 5.41) is 16.1. The highest BCUT2D eigenvalue weighted by atomic mass is 19.4. The number of aliphatic hydroxyl groups is 1. The van der Waals surface area contributed by atoms with Crippen LogP contribution in [-0.2, 0) is 27.7 Å². The summed E-state index contributed by atoms with van der Waals surface area (Å²) in [4.78, 5) is 12.4. The molecule has 1 aliphatic carbocycles. The predicted octanol–water partition coefficient (Wildman–Crippen LogP) is 6.14. The Bertz CT molecular complexity index is 1660. The Labute approximate surface area is 252 Å². The smallest absolute Gasteiger partial charge is 0.416 e. The van der Waals surface area contributed by atoms with Gasteiger partial charge in [-0.25, -0.2) is 5.84 Å². The van der Waals surface area contributed by atoms with E-state index in [1.54, 1.807) is 13.8 Å². The van der Waals surface area contributed by atoms with E-state index < -0.39 is 23.3 Å². The van der Waals surface area contributed by atoms with Crippen molar-refractivity contribution in [2.75, 3.05) is 6.61 Å². The molecule has 0 bridgehead atoms. The van der Waals surface area contributed by atoms with Gasteiger partial charge in [-0.05, 0) is 55.0 Å². The third-order valence-electron chi connectivity index (χ3n) is 7.82. The van der Waals surface area contributed by atoms with Crippen LogP contribution in [0.3, 0.4) is 0 Å². The molecule has 4 aromatic rings. The molecule has 1 aliphatic rings. The third kappa shape index (κ3) is 6.20. The van der Waals surface area contributed by atoms with Crippen LogP contribution in [-0.4, -0.2) is 27.8 Å². The monoisotopic (exact) mass is 606 g/mol. The lowest BCUT2D eigenvalue weighted by Gasteiger charge is -2.20. The number of alkyl halides is 3. The van der Waals surface area contributed by atoms with Crippen LogP contribution in [0.15, 0.2) is 89.2 Å². The van der Waals surface area contributed by atoms with Crippen molar-refractivity contribution in [2.45, 2.75) is 50.9 Å². The largest absolute Gasteiger partial charge is 0.465 e. The quantitative estimate of drug-likeness (QED) is 0.112. The topological polar surface area (TPSA) is 128 Å². The van der Waals surface area contributed by atoms with Crippen LogP contribution >= 0.6 is 0 Å². The van der Waals surface area contributed by atoms with Gasteiger partial charge in [0.2, 0.25) is 0 Å². The Morgan fingerprint density at radius 1 is 1.07 bits per heavy atom. The molecule has 1 unspecified atom stereocenters. The number of hydrazine groups is 1. The number of halogens is 3. The predicted molar refractivity (Wildman–Crippen MR) is 158 cm³/mol. The van der Waals surface area contributed by atoms with Gasteiger partial charge in [0.1, 0.15) is 6.10 Å². The molecule has 5 rings (SSSR count). The Hall–Kier alpha value is -4.61. The van der Waals surface area contributed by atoms with E-state index in [2.05, 4.69) is 5.16 Å². The summed E-state index contributed by atoms with van der Waals surface area (Å²) in [6.07, 6.45) is -3.18. The van der Waals surface area contributed by atoms with E-state index in [4.69, 9.17) is 20.8 Å². The summed E-state index contributed by atoms with van der Waals surface area (Å²) in [5.41, 5.74) is 8.84. The van der Waals surface area contributed by atoms with Crippen LogP contribution in [0.4, 0.5) is 13.2 Å². The molecule has 1 aromatic heterocycles. The van der Waals surface area contributed by atoms with Crippen molar-refractivity contribution in [3.8, 4) is 22.5 Å². The molecule has 0 spiro atoms. The average molecular weight is 607 g/mol. The summed E-state index contributed by atoms with van der Waals surface area (Å²) < 4.78 is 51.0. The Morgan fingerprint density at radius 2 is 1.66 bits per heavy atom. The van der Waals surface area contributed by atoms with E-state index in [0.717, 1.165) is 40.6 Å². The van der Waals surface area contributed by atoms with Crippen molar-refractivity contribution in [3.05, 3.63) is 113 Å². The van der Waals surface area contributed by atoms with Gasteiger partial charge in [0.15, 0.2) is 5.76 Å². The van der Waals surface area contributed by atoms with E-state index in [-0.39, 0.29) is 23.8 Å². The second-order valence-corrected chi connectivity index (χ2v) is 10.8. The molecule has 230 valence electrons. The second kappa shape index (κ2) is 12.2. The number of ether oxygens (including phenoxy) is 1. The first kappa shape index (κ1) is 30.8. The maximum atomic E-state index is 13.4. The van der Waals surface area contributed by atoms with E-state index in [1.165, 1.54) is 24.4 Å². The van der Waals surface area contributed by atoms with Gasteiger partial charge < -0.3 is 25.1 Å². The van der Waals surface area contributed by atoms with Crippen LogP contribution in [0.2, 0.25) is 0 Å². The SMILES string of the molecule is CCOC(=O)C1(c2ccc(-c3ccc(-c4onc(C)c4C(O)/C(N)=C/N(N)Cc4ccccc4C(F)(F)F)cc3)cc2)CC1. The molecule has 0 aliphatic heterocycles. The molecular weight excluding hydrogens is 573 g/mol. The number of rotatable bonds is 10. The van der Waals surface area contributed by atoms with Gasteiger partial charge in [0.05, 0.1) is 41.1 Å². The van der Waals surface area contributed by atoms with Gasteiger partial charge in [-0.15, -0.1) is 0 Å². The van der Waals surface area contributed by atoms with Gasteiger partial charge in [0, 0.05) is 11.8 Å².